The molecule has 1 aromatic heterocycles. The lowest BCUT2D eigenvalue weighted by atomic mass is 10.1. The minimum atomic E-state index is -0.568. The number of aryl methyl sites for hydroxylation is 1. The number of aliphatic imine (C=N–C) groups is 1. The van der Waals surface area contributed by atoms with E-state index >= 15 is 0 Å². The van der Waals surface area contributed by atoms with E-state index < -0.39 is 6.04 Å². The van der Waals surface area contributed by atoms with E-state index in [0.29, 0.717) is 19.0 Å². The van der Waals surface area contributed by atoms with Gasteiger partial charge < -0.3 is 4.74 Å². The van der Waals surface area contributed by atoms with Crippen molar-refractivity contribution >= 4 is 23.7 Å². The van der Waals surface area contributed by atoms with Gasteiger partial charge in [-0.1, -0.05) is 11.9 Å². The molecule has 0 saturated carbocycles. The zero-order valence-corrected chi connectivity index (χ0v) is 14.7. The van der Waals surface area contributed by atoms with E-state index in [2.05, 4.69) is 16.5 Å². The van der Waals surface area contributed by atoms with Gasteiger partial charge in [0.1, 0.15) is 11.9 Å². The summed E-state index contributed by atoms with van der Waals surface area (Å²) in [7, 11) is 1.66. The molecule has 24 heavy (non-hydrogen) atoms. The summed E-state index contributed by atoms with van der Waals surface area (Å²) < 4.78 is 9.26. The van der Waals surface area contributed by atoms with Crippen LogP contribution in [-0.2, 0) is 16.1 Å². The Balaban J connectivity index is 1.96. The molecule has 0 aromatic carbocycles. The second kappa shape index (κ2) is 6.35. The first-order valence-electron chi connectivity index (χ1n) is 8.37. The highest BCUT2D eigenvalue weighted by molar-refractivity contribution is 6.19. The fraction of sp³-hybridized carbons (Fsp3) is 0.625. The molecule has 130 valence electrons. The number of hydrogen-bond acceptors (Lipinski definition) is 4. The molecule has 1 fully saturated rings. The largest absolute Gasteiger partial charge is 0.401 e. The van der Waals surface area contributed by atoms with E-state index in [-0.39, 0.29) is 18.5 Å². The second-order valence-corrected chi connectivity index (χ2v) is 6.03. The Hall–Kier alpha value is -2.22. The number of imide groups is 1. The van der Waals surface area contributed by atoms with Crippen LogP contribution in [-0.4, -0.2) is 58.9 Å². The van der Waals surface area contributed by atoms with Gasteiger partial charge in [0.15, 0.2) is 0 Å². The second-order valence-electron chi connectivity index (χ2n) is 6.03. The van der Waals surface area contributed by atoms with Crippen molar-refractivity contribution in [3.8, 4) is 0 Å². The standard InChI is InChI=1S/C16H24N5O3/c1-5-7-19-11(3)10-21-12-13(17-15(19)21)18(4)16(23)20(14(12)22)8-9-24-6-2/h10,12H,5-9H2,1-4H3/q+1. The van der Waals surface area contributed by atoms with Crippen LogP contribution < -0.4 is 4.57 Å². The summed E-state index contributed by atoms with van der Waals surface area (Å²) >= 11 is 0. The predicted molar refractivity (Wildman–Crippen MR) is 87.2 cm³/mol. The maximum absolute atomic E-state index is 12.9. The van der Waals surface area contributed by atoms with Crippen molar-refractivity contribution in [1.29, 1.82) is 0 Å². The number of ether oxygens (including phenoxy) is 1. The maximum Gasteiger partial charge on any atom is 0.401 e. The number of amidine groups is 1. The van der Waals surface area contributed by atoms with E-state index in [1.54, 1.807) is 7.05 Å². The highest BCUT2D eigenvalue weighted by Gasteiger charge is 2.52. The van der Waals surface area contributed by atoms with E-state index in [0.717, 1.165) is 24.6 Å². The average molecular weight is 334 g/mol. The number of nitrogens with zero attached hydrogens (tertiary/aromatic N) is 5. The van der Waals surface area contributed by atoms with Crippen LogP contribution in [0.2, 0.25) is 0 Å². The minimum absolute atomic E-state index is 0.242. The summed E-state index contributed by atoms with van der Waals surface area (Å²) in [6, 6.07) is -0.916. The Morgan fingerprint density at radius 1 is 1.29 bits per heavy atom. The predicted octanol–water partition coefficient (Wildman–Crippen LogP) is 1.01. The normalized spacial score (nSPS) is 19.7. The summed E-state index contributed by atoms with van der Waals surface area (Å²) in [5.74, 6) is 0.987. The lowest BCUT2D eigenvalue weighted by Crippen LogP contribution is -2.63. The third-order valence-electron chi connectivity index (χ3n) is 4.43. The van der Waals surface area contributed by atoms with Gasteiger partial charge in [-0.3, -0.25) is 14.6 Å². The number of rotatable bonds is 6. The fourth-order valence-corrected chi connectivity index (χ4v) is 3.24. The zero-order chi connectivity index (χ0) is 17.4. The summed E-state index contributed by atoms with van der Waals surface area (Å²) in [6.07, 6.45) is 2.91. The first-order valence-corrected chi connectivity index (χ1v) is 8.37. The minimum Gasteiger partial charge on any atom is -0.380 e. The van der Waals surface area contributed by atoms with Crippen LogP contribution in [0.15, 0.2) is 11.2 Å². The quantitative estimate of drug-likeness (QED) is 0.576. The number of hydrogen-bond donors (Lipinski definition) is 0. The van der Waals surface area contributed by atoms with Gasteiger partial charge in [-0.2, -0.15) is 0 Å². The molecule has 8 nitrogen and oxygen atoms in total. The molecule has 1 atom stereocenters. The molecule has 0 N–H and O–H groups in total. The fourth-order valence-electron chi connectivity index (χ4n) is 3.24. The van der Waals surface area contributed by atoms with E-state index in [1.807, 2.05) is 24.6 Å². The number of amides is 3. The van der Waals surface area contributed by atoms with Crippen molar-refractivity contribution in [2.45, 2.75) is 39.8 Å². The number of carbonyl (C=O) groups is 2. The van der Waals surface area contributed by atoms with Gasteiger partial charge in [0.25, 0.3) is 5.91 Å². The van der Waals surface area contributed by atoms with Crippen molar-refractivity contribution < 1.29 is 18.9 Å². The molecular weight excluding hydrogens is 310 g/mol. The SMILES string of the molecule is CCCn1c(C)c[n+]2c1N=C1C2C(=O)N(CCOCC)C(=O)N1C. The van der Waals surface area contributed by atoms with Crippen LogP contribution in [0.4, 0.5) is 10.7 Å². The number of urea groups is 1. The van der Waals surface area contributed by atoms with Crippen molar-refractivity contribution in [3.05, 3.63) is 11.9 Å². The summed E-state index contributed by atoms with van der Waals surface area (Å²) in [6.45, 7) is 7.97. The first kappa shape index (κ1) is 16.6. The third kappa shape index (κ3) is 2.41. The maximum atomic E-state index is 12.9. The van der Waals surface area contributed by atoms with Crippen LogP contribution in [0.25, 0.3) is 0 Å². The molecule has 2 aliphatic rings. The number of imidazole rings is 1. The Morgan fingerprint density at radius 2 is 2.04 bits per heavy atom. The molecule has 2 aliphatic heterocycles. The summed E-state index contributed by atoms with van der Waals surface area (Å²) in [5, 5.41) is 0. The monoisotopic (exact) mass is 334 g/mol. The van der Waals surface area contributed by atoms with E-state index in [9.17, 15) is 9.59 Å². The van der Waals surface area contributed by atoms with Crippen LogP contribution >= 0.6 is 0 Å². The Morgan fingerprint density at radius 3 is 2.71 bits per heavy atom. The average Bonchev–Trinajstić information content (AvgIpc) is 3.06. The highest BCUT2D eigenvalue weighted by atomic mass is 16.5. The van der Waals surface area contributed by atoms with Gasteiger partial charge in [-0.15, -0.1) is 0 Å². The summed E-state index contributed by atoms with van der Waals surface area (Å²) in [5.41, 5.74) is 1.06. The van der Waals surface area contributed by atoms with Crippen molar-refractivity contribution in [2.24, 2.45) is 4.99 Å². The van der Waals surface area contributed by atoms with Crippen LogP contribution in [0.3, 0.4) is 0 Å². The highest BCUT2D eigenvalue weighted by Crippen LogP contribution is 2.29. The molecule has 3 amide bonds. The van der Waals surface area contributed by atoms with Crippen molar-refractivity contribution in [2.75, 3.05) is 26.8 Å². The first-order chi connectivity index (χ1) is 11.5. The van der Waals surface area contributed by atoms with Gasteiger partial charge in [-0.05, 0) is 20.3 Å². The van der Waals surface area contributed by atoms with Crippen LogP contribution in [0.5, 0.6) is 0 Å². The van der Waals surface area contributed by atoms with E-state index in [1.165, 1.54) is 9.80 Å². The Labute approximate surface area is 141 Å². The topological polar surface area (TPSA) is 71.0 Å². The number of likely N-dealkylation sites (N-methyl/N-ethyl adjacent to an activating group) is 1. The number of carbonyl (C=O) groups excluding carboxylic acids is 2. The van der Waals surface area contributed by atoms with Crippen molar-refractivity contribution in [1.82, 2.24) is 14.4 Å². The van der Waals surface area contributed by atoms with Crippen molar-refractivity contribution in [3.63, 3.8) is 0 Å². The van der Waals surface area contributed by atoms with Crippen LogP contribution in [0, 0.1) is 6.92 Å². The number of aromatic nitrogens is 2. The molecule has 0 aliphatic carbocycles. The molecule has 3 heterocycles. The smallest absolute Gasteiger partial charge is 0.380 e. The molecule has 1 unspecified atom stereocenters. The molecule has 1 saturated heterocycles. The summed E-state index contributed by atoms with van der Waals surface area (Å²) in [4.78, 5) is 32.7. The Kier molecular flexibility index (Phi) is 4.40. The number of fused-ring (bicyclic) bond motifs is 3. The van der Waals surface area contributed by atoms with E-state index in [4.69, 9.17) is 4.74 Å². The van der Waals surface area contributed by atoms with Gasteiger partial charge in [0, 0.05) is 13.7 Å². The molecule has 0 spiro atoms. The molecule has 1 aromatic rings. The lowest BCUT2D eigenvalue weighted by Gasteiger charge is -2.32. The van der Waals surface area contributed by atoms with Gasteiger partial charge >= 0.3 is 12.0 Å². The molecule has 8 heteroatoms. The van der Waals surface area contributed by atoms with Gasteiger partial charge in [0.05, 0.1) is 19.7 Å². The van der Waals surface area contributed by atoms with Gasteiger partial charge in [-0.25, -0.2) is 13.9 Å². The van der Waals surface area contributed by atoms with Crippen LogP contribution in [0.1, 0.15) is 32.0 Å². The zero-order valence-electron chi connectivity index (χ0n) is 14.7. The Bertz CT molecular complexity index is 709. The van der Waals surface area contributed by atoms with Gasteiger partial charge in [0.2, 0.25) is 11.9 Å². The third-order valence-corrected chi connectivity index (χ3v) is 4.43. The molecule has 0 bridgehead atoms. The molecular formula is C16H24N5O3+. The molecule has 0 radical (unpaired) electrons. The lowest BCUT2D eigenvalue weighted by molar-refractivity contribution is -0.677. The molecule has 3 rings (SSSR count).